The maximum atomic E-state index is 9.53. The summed E-state index contributed by atoms with van der Waals surface area (Å²) in [6.07, 6.45) is -0.486. The zero-order chi connectivity index (χ0) is 13.5. The maximum Gasteiger partial charge on any atom is 0.0762 e. The second-order valence-electron chi connectivity index (χ2n) is 4.09. The lowest BCUT2D eigenvalue weighted by Gasteiger charge is -2.25. The lowest BCUT2D eigenvalue weighted by atomic mass is 10.1. The van der Waals surface area contributed by atoms with E-state index in [1.165, 1.54) is 0 Å². The fourth-order valence-corrected chi connectivity index (χ4v) is 2.36. The number of aliphatic hydroxyl groups excluding tert-OH is 2. The molecule has 0 saturated carbocycles. The van der Waals surface area contributed by atoms with E-state index in [1.807, 2.05) is 23.1 Å². The molecular formula is C13H20BrNO3. The third-order valence-corrected chi connectivity index (χ3v) is 3.37. The molecule has 1 rings (SSSR count). The molecule has 1 atom stereocenters. The van der Waals surface area contributed by atoms with E-state index in [-0.39, 0.29) is 6.61 Å². The Labute approximate surface area is 116 Å². The topological polar surface area (TPSA) is 52.9 Å². The highest BCUT2D eigenvalue weighted by atomic mass is 79.9. The van der Waals surface area contributed by atoms with Gasteiger partial charge in [-0.1, -0.05) is 6.07 Å². The van der Waals surface area contributed by atoms with Crippen LogP contribution in [0.2, 0.25) is 0 Å². The van der Waals surface area contributed by atoms with Gasteiger partial charge in [-0.15, -0.1) is 0 Å². The maximum absolute atomic E-state index is 9.53. The largest absolute Gasteiger partial charge is 0.395 e. The Hall–Kier alpha value is -0.620. The molecule has 0 aliphatic carbocycles. The fourth-order valence-electron chi connectivity index (χ4n) is 1.71. The van der Waals surface area contributed by atoms with Crippen LogP contribution in [0.1, 0.15) is 18.6 Å². The summed E-state index contributed by atoms with van der Waals surface area (Å²) in [7, 11) is 1.66. The lowest BCUT2D eigenvalue weighted by molar-refractivity contribution is 0.199. The highest BCUT2D eigenvalue weighted by molar-refractivity contribution is 9.10. The first-order valence-corrected chi connectivity index (χ1v) is 6.71. The number of anilines is 1. The van der Waals surface area contributed by atoms with Crippen LogP contribution in [0.5, 0.6) is 0 Å². The van der Waals surface area contributed by atoms with Crippen LogP contribution < -0.4 is 4.90 Å². The summed E-state index contributed by atoms with van der Waals surface area (Å²) in [5, 5.41) is 18.6. The first-order valence-electron chi connectivity index (χ1n) is 5.92. The summed E-state index contributed by atoms with van der Waals surface area (Å²) in [5.74, 6) is 0. The Morgan fingerprint density at radius 3 is 2.61 bits per heavy atom. The quantitative estimate of drug-likeness (QED) is 0.807. The first kappa shape index (κ1) is 15.4. The van der Waals surface area contributed by atoms with Crippen molar-refractivity contribution in [3.05, 3.63) is 28.2 Å². The van der Waals surface area contributed by atoms with Gasteiger partial charge in [-0.2, -0.15) is 0 Å². The molecule has 0 aromatic heterocycles. The van der Waals surface area contributed by atoms with Crippen LogP contribution in [0.3, 0.4) is 0 Å². The number of aliphatic hydroxyl groups is 2. The lowest BCUT2D eigenvalue weighted by Crippen LogP contribution is -2.30. The predicted molar refractivity (Wildman–Crippen MR) is 76.0 cm³/mol. The van der Waals surface area contributed by atoms with Crippen LogP contribution >= 0.6 is 15.9 Å². The van der Waals surface area contributed by atoms with Gasteiger partial charge in [0.05, 0.1) is 25.0 Å². The van der Waals surface area contributed by atoms with Crippen molar-refractivity contribution in [2.24, 2.45) is 0 Å². The van der Waals surface area contributed by atoms with Gasteiger partial charge in [-0.25, -0.2) is 0 Å². The number of halogens is 1. The SMILES string of the molecule is COCCN(CCO)c1ccc(C(C)O)cc1Br. The molecular weight excluding hydrogens is 298 g/mol. The molecule has 0 saturated heterocycles. The number of ether oxygens (including phenoxy) is 1. The number of hydrogen-bond donors (Lipinski definition) is 2. The van der Waals surface area contributed by atoms with Gasteiger partial charge in [-0.05, 0) is 40.5 Å². The van der Waals surface area contributed by atoms with Crippen molar-refractivity contribution in [1.82, 2.24) is 0 Å². The van der Waals surface area contributed by atoms with Gasteiger partial charge < -0.3 is 19.8 Å². The van der Waals surface area contributed by atoms with E-state index in [1.54, 1.807) is 14.0 Å². The number of benzene rings is 1. The molecule has 1 aromatic carbocycles. The summed E-state index contributed by atoms with van der Waals surface area (Å²) in [5.41, 5.74) is 1.85. The standard InChI is InChI=1S/C13H20BrNO3/c1-10(17)11-3-4-13(12(14)9-11)15(5-7-16)6-8-18-2/h3-4,9-10,16-17H,5-8H2,1-2H3. The van der Waals surface area contributed by atoms with Crippen LogP contribution in [0.25, 0.3) is 0 Å². The highest BCUT2D eigenvalue weighted by Crippen LogP contribution is 2.29. The molecule has 0 amide bonds. The van der Waals surface area contributed by atoms with Crippen LogP contribution in [0.15, 0.2) is 22.7 Å². The third-order valence-electron chi connectivity index (χ3n) is 2.73. The molecule has 0 radical (unpaired) electrons. The Kier molecular flexibility index (Phi) is 6.63. The van der Waals surface area contributed by atoms with Gasteiger partial charge in [-0.3, -0.25) is 0 Å². The minimum absolute atomic E-state index is 0.0916. The van der Waals surface area contributed by atoms with E-state index in [9.17, 15) is 5.11 Å². The van der Waals surface area contributed by atoms with Crippen molar-refractivity contribution in [2.45, 2.75) is 13.0 Å². The van der Waals surface area contributed by atoms with Crippen LogP contribution in [-0.4, -0.2) is 43.6 Å². The smallest absolute Gasteiger partial charge is 0.0762 e. The summed E-state index contributed by atoms with van der Waals surface area (Å²) in [6, 6.07) is 5.73. The average molecular weight is 318 g/mol. The molecule has 4 nitrogen and oxygen atoms in total. The highest BCUT2D eigenvalue weighted by Gasteiger charge is 2.11. The average Bonchev–Trinajstić information content (AvgIpc) is 2.34. The van der Waals surface area contributed by atoms with E-state index in [2.05, 4.69) is 15.9 Å². The van der Waals surface area contributed by atoms with Gasteiger partial charge in [0.15, 0.2) is 0 Å². The van der Waals surface area contributed by atoms with Crippen molar-refractivity contribution in [3.63, 3.8) is 0 Å². The van der Waals surface area contributed by atoms with E-state index in [0.717, 1.165) is 15.7 Å². The minimum Gasteiger partial charge on any atom is -0.395 e. The Bertz CT molecular complexity index is 371. The summed E-state index contributed by atoms with van der Waals surface area (Å²) >= 11 is 3.50. The molecule has 102 valence electrons. The Balaban J connectivity index is 2.90. The monoisotopic (exact) mass is 317 g/mol. The zero-order valence-electron chi connectivity index (χ0n) is 10.8. The molecule has 0 spiro atoms. The molecule has 0 heterocycles. The van der Waals surface area contributed by atoms with Crippen molar-refractivity contribution in [1.29, 1.82) is 0 Å². The predicted octanol–water partition coefficient (Wildman–Crippen LogP) is 1.95. The molecule has 5 heteroatoms. The van der Waals surface area contributed by atoms with Gasteiger partial charge in [0.1, 0.15) is 0 Å². The molecule has 0 aliphatic rings. The normalized spacial score (nSPS) is 12.5. The molecule has 0 bridgehead atoms. The number of methoxy groups -OCH3 is 1. The minimum atomic E-state index is -0.486. The van der Waals surface area contributed by atoms with Crippen molar-refractivity contribution >= 4 is 21.6 Å². The molecule has 18 heavy (non-hydrogen) atoms. The van der Waals surface area contributed by atoms with Gasteiger partial charge in [0.25, 0.3) is 0 Å². The molecule has 1 aromatic rings. The summed E-state index contributed by atoms with van der Waals surface area (Å²) in [6.45, 7) is 3.69. The number of rotatable bonds is 7. The zero-order valence-corrected chi connectivity index (χ0v) is 12.4. The van der Waals surface area contributed by atoms with Crippen LogP contribution in [-0.2, 0) is 4.74 Å². The summed E-state index contributed by atoms with van der Waals surface area (Å²) < 4.78 is 5.97. The van der Waals surface area contributed by atoms with Crippen molar-refractivity contribution in [2.75, 3.05) is 38.3 Å². The van der Waals surface area contributed by atoms with Gasteiger partial charge in [0, 0.05) is 24.7 Å². The summed E-state index contributed by atoms with van der Waals surface area (Å²) in [4.78, 5) is 2.04. The Morgan fingerprint density at radius 2 is 2.11 bits per heavy atom. The molecule has 0 fully saturated rings. The van der Waals surface area contributed by atoms with E-state index in [0.29, 0.717) is 19.7 Å². The van der Waals surface area contributed by atoms with Gasteiger partial charge in [0.2, 0.25) is 0 Å². The Morgan fingerprint density at radius 1 is 1.39 bits per heavy atom. The molecule has 1 unspecified atom stereocenters. The van der Waals surface area contributed by atoms with E-state index in [4.69, 9.17) is 9.84 Å². The van der Waals surface area contributed by atoms with E-state index >= 15 is 0 Å². The second kappa shape index (κ2) is 7.74. The number of nitrogens with zero attached hydrogens (tertiary/aromatic N) is 1. The van der Waals surface area contributed by atoms with Crippen molar-refractivity contribution < 1.29 is 14.9 Å². The van der Waals surface area contributed by atoms with Crippen LogP contribution in [0.4, 0.5) is 5.69 Å². The molecule has 2 N–H and O–H groups in total. The first-order chi connectivity index (χ1) is 8.60. The number of hydrogen-bond acceptors (Lipinski definition) is 4. The van der Waals surface area contributed by atoms with Crippen molar-refractivity contribution in [3.8, 4) is 0 Å². The second-order valence-corrected chi connectivity index (χ2v) is 4.94. The molecule has 0 aliphatic heterocycles. The third kappa shape index (κ3) is 4.24. The van der Waals surface area contributed by atoms with Crippen LogP contribution in [0, 0.1) is 0 Å². The van der Waals surface area contributed by atoms with Gasteiger partial charge >= 0.3 is 0 Å². The van der Waals surface area contributed by atoms with E-state index < -0.39 is 6.10 Å². The fraction of sp³-hybridized carbons (Fsp3) is 0.538.